The monoisotopic (exact) mass is 378 g/mol. The number of para-hydroxylation sites is 1. The third-order valence-corrected chi connectivity index (χ3v) is 5.14. The van der Waals surface area contributed by atoms with Gasteiger partial charge in [-0.05, 0) is 54.6 Å². The predicted molar refractivity (Wildman–Crippen MR) is 104 cm³/mol. The summed E-state index contributed by atoms with van der Waals surface area (Å²) in [6.07, 6.45) is 0. The van der Waals surface area contributed by atoms with Crippen LogP contribution < -0.4 is 9.54 Å². The smallest absolute Gasteiger partial charge is 0.279 e. The van der Waals surface area contributed by atoms with E-state index in [-0.39, 0.29) is 11.7 Å². The van der Waals surface area contributed by atoms with Crippen molar-refractivity contribution in [2.24, 2.45) is 12.0 Å². The summed E-state index contributed by atoms with van der Waals surface area (Å²) in [5.74, 6) is 0.701. The molecule has 1 aromatic heterocycles. The number of thiazole rings is 1. The van der Waals surface area contributed by atoms with Gasteiger partial charge >= 0.3 is 0 Å². The maximum atomic E-state index is 13.4. The zero-order valence-corrected chi connectivity index (χ0v) is 15.2. The number of aromatic nitrogens is 1. The Bertz CT molecular complexity index is 1180. The van der Waals surface area contributed by atoms with Crippen LogP contribution in [-0.2, 0) is 7.05 Å². The average Bonchev–Trinajstić information content (AvgIpc) is 2.98. The Morgan fingerprint density at radius 1 is 1.00 bits per heavy atom. The zero-order chi connectivity index (χ0) is 18.8. The lowest BCUT2D eigenvalue weighted by Crippen LogP contribution is -2.13. The topological polar surface area (TPSA) is 43.6 Å². The van der Waals surface area contributed by atoms with Crippen LogP contribution in [-0.4, -0.2) is 10.5 Å². The number of amides is 1. The van der Waals surface area contributed by atoms with Crippen molar-refractivity contribution in [3.63, 3.8) is 0 Å². The van der Waals surface area contributed by atoms with Crippen LogP contribution in [0.1, 0.15) is 10.4 Å². The molecule has 6 heteroatoms. The van der Waals surface area contributed by atoms with Crippen LogP contribution >= 0.6 is 11.3 Å². The summed E-state index contributed by atoms with van der Waals surface area (Å²) in [6.45, 7) is 0. The van der Waals surface area contributed by atoms with E-state index >= 15 is 0 Å². The van der Waals surface area contributed by atoms with Gasteiger partial charge in [-0.15, -0.1) is 0 Å². The van der Waals surface area contributed by atoms with Crippen LogP contribution in [0.25, 0.3) is 10.2 Å². The summed E-state index contributed by atoms with van der Waals surface area (Å²) >= 11 is 1.28. The minimum absolute atomic E-state index is 0.309. The Balaban J connectivity index is 1.60. The van der Waals surface area contributed by atoms with E-state index in [2.05, 4.69) is 4.99 Å². The second kappa shape index (κ2) is 7.17. The molecular weight excluding hydrogens is 363 g/mol. The molecule has 0 N–H and O–H groups in total. The number of halogens is 1. The molecule has 27 heavy (non-hydrogen) atoms. The first kappa shape index (κ1) is 17.2. The van der Waals surface area contributed by atoms with Crippen molar-refractivity contribution in [3.05, 3.63) is 89.0 Å². The van der Waals surface area contributed by atoms with Gasteiger partial charge in [-0.25, -0.2) is 4.39 Å². The molecule has 0 fully saturated rings. The van der Waals surface area contributed by atoms with E-state index in [9.17, 15) is 9.18 Å². The maximum Gasteiger partial charge on any atom is 0.279 e. The van der Waals surface area contributed by atoms with Crippen LogP contribution in [0.4, 0.5) is 4.39 Å². The number of nitrogens with zero attached hydrogens (tertiary/aromatic N) is 2. The number of carbonyl (C=O) groups excluding carboxylic acids is 1. The van der Waals surface area contributed by atoms with Crippen molar-refractivity contribution >= 4 is 27.5 Å². The molecule has 0 aliphatic rings. The lowest BCUT2D eigenvalue weighted by Gasteiger charge is -2.05. The molecule has 4 rings (SSSR count). The molecule has 0 atom stereocenters. The van der Waals surface area contributed by atoms with Crippen molar-refractivity contribution < 1.29 is 13.9 Å². The zero-order valence-electron chi connectivity index (χ0n) is 14.4. The Labute approximate surface area is 158 Å². The molecule has 4 aromatic rings. The van der Waals surface area contributed by atoms with E-state index in [4.69, 9.17) is 4.74 Å². The molecule has 1 heterocycles. The number of hydrogen-bond acceptors (Lipinski definition) is 3. The molecule has 0 spiro atoms. The molecule has 0 unspecified atom stereocenters. The molecule has 0 radical (unpaired) electrons. The molecule has 134 valence electrons. The van der Waals surface area contributed by atoms with E-state index in [0.29, 0.717) is 16.1 Å². The summed E-state index contributed by atoms with van der Waals surface area (Å²) in [5.41, 5.74) is 1.29. The second-order valence-electron chi connectivity index (χ2n) is 5.91. The Kier molecular flexibility index (Phi) is 4.56. The van der Waals surface area contributed by atoms with Gasteiger partial charge in [-0.1, -0.05) is 29.5 Å². The highest BCUT2D eigenvalue weighted by Gasteiger charge is 2.08. The van der Waals surface area contributed by atoms with Crippen LogP contribution in [0, 0.1) is 5.82 Å². The highest BCUT2D eigenvalue weighted by molar-refractivity contribution is 7.16. The minimum Gasteiger partial charge on any atom is -0.457 e. The van der Waals surface area contributed by atoms with Crippen molar-refractivity contribution in [1.82, 2.24) is 4.57 Å². The van der Waals surface area contributed by atoms with Crippen LogP contribution in [0.15, 0.2) is 77.8 Å². The van der Waals surface area contributed by atoms with Gasteiger partial charge in [0.2, 0.25) is 0 Å². The number of carbonyl (C=O) groups is 1. The quantitative estimate of drug-likeness (QED) is 0.508. The molecular formula is C21H15FN2O2S. The summed E-state index contributed by atoms with van der Waals surface area (Å²) in [6, 6.07) is 20.8. The summed E-state index contributed by atoms with van der Waals surface area (Å²) in [4.78, 5) is 17.2. The highest BCUT2D eigenvalue weighted by atomic mass is 32.1. The lowest BCUT2D eigenvalue weighted by atomic mass is 10.2. The molecule has 0 bridgehead atoms. The van der Waals surface area contributed by atoms with E-state index in [1.807, 2.05) is 30.3 Å². The second-order valence-corrected chi connectivity index (χ2v) is 6.92. The van der Waals surface area contributed by atoms with E-state index in [1.54, 1.807) is 41.9 Å². The lowest BCUT2D eigenvalue weighted by molar-refractivity contribution is 0.0998. The van der Waals surface area contributed by atoms with E-state index in [0.717, 1.165) is 16.0 Å². The van der Waals surface area contributed by atoms with Gasteiger partial charge in [0, 0.05) is 12.6 Å². The van der Waals surface area contributed by atoms with Gasteiger partial charge in [0.1, 0.15) is 17.3 Å². The third kappa shape index (κ3) is 3.66. The molecule has 0 aliphatic carbocycles. The molecule has 4 nitrogen and oxygen atoms in total. The van der Waals surface area contributed by atoms with Crippen LogP contribution in [0.2, 0.25) is 0 Å². The summed E-state index contributed by atoms with van der Waals surface area (Å²) in [7, 11) is 1.81. The number of ether oxygens (including phenoxy) is 1. The Morgan fingerprint density at radius 2 is 1.70 bits per heavy atom. The molecule has 1 amide bonds. The van der Waals surface area contributed by atoms with Gasteiger partial charge in [0.05, 0.1) is 10.2 Å². The first-order valence-corrected chi connectivity index (χ1v) is 9.09. The van der Waals surface area contributed by atoms with Gasteiger partial charge in [-0.2, -0.15) is 4.99 Å². The van der Waals surface area contributed by atoms with Crippen molar-refractivity contribution in [2.75, 3.05) is 0 Å². The fourth-order valence-electron chi connectivity index (χ4n) is 2.66. The number of aryl methyl sites for hydroxylation is 1. The molecule has 0 aliphatic heterocycles. The molecule has 0 saturated carbocycles. The van der Waals surface area contributed by atoms with Crippen molar-refractivity contribution in [2.45, 2.75) is 0 Å². The minimum atomic E-state index is -0.358. The number of benzene rings is 3. The van der Waals surface area contributed by atoms with Crippen molar-refractivity contribution in [1.29, 1.82) is 0 Å². The SMILES string of the molecule is Cn1c(=NC(=O)c2ccc(Oc3ccccc3)cc2)sc2cc(F)ccc21. The highest BCUT2D eigenvalue weighted by Crippen LogP contribution is 2.21. The van der Waals surface area contributed by atoms with Gasteiger partial charge in [-0.3, -0.25) is 4.79 Å². The fraction of sp³-hybridized carbons (Fsp3) is 0.0476. The van der Waals surface area contributed by atoms with Gasteiger partial charge < -0.3 is 9.30 Å². The fourth-order valence-corrected chi connectivity index (χ4v) is 3.70. The molecule has 0 saturated heterocycles. The van der Waals surface area contributed by atoms with Gasteiger partial charge in [0.25, 0.3) is 5.91 Å². The summed E-state index contributed by atoms with van der Waals surface area (Å²) in [5, 5.41) is 0. The van der Waals surface area contributed by atoms with Crippen LogP contribution in [0.5, 0.6) is 11.5 Å². The van der Waals surface area contributed by atoms with E-state index < -0.39 is 0 Å². The average molecular weight is 378 g/mol. The van der Waals surface area contributed by atoms with Gasteiger partial charge in [0.15, 0.2) is 4.80 Å². The predicted octanol–water partition coefficient (Wildman–Crippen LogP) is 4.91. The largest absolute Gasteiger partial charge is 0.457 e. The number of rotatable bonds is 3. The first-order chi connectivity index (χ1) is 13.1. The normalized spacial score (nSPS) is 11.7. The first-order valence-electron chi connectivity index (χ1n) is 8.27. The number of fused-ring (bicyclic) bond motifs is 1. The summed E-state index contributed by atoms with van der Waals surface area (Å²) < 4.78 is 21.6. The Hall–Kier alpha value is -3.25. The van der Waals surface area contributed by atoms with Crippen LogP contribution in [0.3, 0.4) is 0 Å². The molecule has 3 aromatic carbocycles. The maximum absolute atomic E-state index is 13.4. The Morgan fingerprint density at radius 3 is 2.44 bits per heavy atom. The third-order valence-electron chi connectivity index (χ3n) is 4.05. The van der Waals surface area contributed by atoms with E-state index in [1.165, 1.54) is 23.5 Å². The number of hydrogen-bond donors (Lipinski definition) is 0. The standard InChI is InChI=1S/C21H15FN2O2S/c1-24-18-12-9-15(22)13-19(18)27-21(24)23-20(25)14-7-10-17(11-8-14)26-16-5-3-2-4-6-16/h2-13H,1H3. The van der Waals surface area contributed by atoms with Crippen molar-refractivity contribution in [3.8, 4) is 11.5 Å².